The van der Waals surface area contributed by atoms with Crippen molar-refractivity contribution in [2.75, 3.05) is 4.72 Å². The molecule has 0 heterocycles. The Morgan fingerprint density at radius 1 is 1.19 bits per heavy atom. The highest BCUT2D eigenvalue weighted by Crippen LogP contribution is 2.21. The Morgan fingerprint density at radius 2 is 1.90 bits per heavy atom. The molecule has 1 atom stereocenters. The average Bonchev–Trinajstić information content (AvgIpc) is 2.46. The van der Waals surface area contributed by atoms with E-state index >= 15 is 0 Å². The number of hydrogen-bond donors (Lipinski definition) is 2. The summed E-state index contributed by atoms with van der Waals surface area (Å²) in [6, 6.07) is 11.5. The molecule has 0 spiro atoms. The van der Waals surface area contributed by atoms with Crippen LogP contribution in [0.2, 0.25) is 0 Å². The van der Waals surface area contributed by atoms with Crippen LogP contribution in [0.25, 0.3) is 0 Å². The molecular formula is C15H17FN2O2S. The number of rotatable bonds is 5. The highest BCUT2D eigenvalue weighted by atomic mass is 32.2. The minimum atomic E-state index is -3.77. The Kier molecular flexibility index (Phi) is 4.59. The van der Waals surface area contributed by atoms with Gasteiger partial charge in [0.1, 0.15) is 5.82 Å². The summed E-state index contributed by atoms with van der Waals surface area (Å²) in [5, 5.41) is 0. The number of sulfonamides is 1. The first-order valence-electron chi connectivity index (χ1n) is 6.56. The molecule has 0 aromatic heterocycles. The molecule has 4 nitrogen and oxygen atoms in total. The van der Waals surface area contributed by atoms with Crippen LogP contribution in [0.1, 0.15) is 24.9 Å². The fourth-order valence-corrected chi connectivity index (χ4v) is 3.02. The first-order chi connectivity index (χ1) is 9.92. The third-order valence-electron chi connectivity index (χ3n) is 3.11. The second-order valence-electron chi connectivity index (χ2n) is 4.70. The molecule has 0 aliphatic rings. The summed E-state index contributed by atoms with van der Waals surface area (Å²) in [5.74, 6) is -0.503. The second-order valence-corrected chi connectivity index (χ2v) is 6.39. The molecule has 0 saturated carbocycles. The van der Waals surface area contributed by atoms with Gasteiger partial charge in [-0.25, -0.2) is 12.8 Å². The maximum atomic E-state index is 13.1. The topological polar surface area (TPSA) is 72.2 Å². The van der Waals surface area contributed by atoms with E-state index in [9.17, 15) is 12.8 Å². The van der Waals surface area contributed by atoms with E-state index in [0.717, 1.165) is 11.6 Å². The van der Waals surface area contributed by atoms with Crippen molar-refractivity contribution in [3.05, 3.63) is 59.9 Å². The first kappa shape index (κ1) is 15.5. The smallest absolute Gasteiger partial charge is 0.261 e. The monoisotopic (exact) mass is 308 g/mol. The summed E-state index contributed by atoms with van der Waals surface area (Å²) in [7, 11) is -3.77. The van der Waals surface area contributed by atoms with Gasteiger partial charge in [0.15, 0.2) is 0 Å². The van der Waals surface area contributed by atoms with E-state index in [0.29, 0.717) is 6.42 Å². The molecule has 2 aromatic rings. The van der Waals surface area contributed by atoms with Crippen LogP contribution in [-0.4, -0.2) is 8.42 Å². The van der Waals surface area contributed by atoms with Gasteiger partial charge < -0.3 is 5.73 Å². The summed E-state index contributed by atoms with van der Waals surface area (Å²) in [4.78, 5) is 0.105. The van der Waals surface area contributed by atoms with Gasteiger partial charge >= 0.3 is 0 Å². The largest absolute Gasteiger partial charge is 0.324 e. The molecule has 0 bridgehead atoms. The Morgan fingerprint density at radius 3 is 2.57 bits per heavy atom. The summed E-state index contributed by atoms with van der Waals surface area (Å²) in [6.07, 6.45) is 0.709. The van der Waals surface area contributed by atoms with Crippen LogP contribution in [0, 0.1) is 5.82 Å². The first-order valence-corrected chi connectivity index (χ1v) is 8.04. The molecule has 1 unspecified atom stereocenters. The lowest BCUT2D eigenvalue weighted by atomic mass is 10.1. The van der Waals surface area contributed by atoms with Crippen LogP contribution in [0.5, 0.6) is 0 Å². The lowest BCUT2D eigenvalue weighted by Gasteiger charge is -2.12. The van der Waals surface area contributed by atoms with E-state index in [1.54, 1.807) is 12.1 Å². The van der Waals surface area contributed by atoms with Gasteiger partial charge in [-0.15, -0.1) is 0 Å². The number of nitrogens with one attached hydrogen (secondary N) is 1. The lowest BCUT2D eigenvalue weighted by Crippen LogP contribution is -2.15. The molecule has 0 amide bonds. The number of nitrogens with two attached hydrogens (primary N) is 1. The van der Waals surface area contributed by atoms with Crippen LogP contribution in [0.3, 0.4) is 0 Å². The molecule has 3 N–H and O–H groups in total. The SMILES string of the molecule is CCC(N)c1cccc(S(=O)(=O)Nc2cccc(F)c2)c1. The van der Waals surface area contributed by atoms with Crippen LogP contribution in [0.4, 0.5) is 10.1 Å². The maximum Gasteiger partial charge on any atom is 0.261 e. The van der Waals surface area contributed by atoms with E-state index in [-0.39, 0.29) is 16.6 Å². The van der Waals surface area contributed by atoms with Gasteiger partial charge in [-0.3, -0.25) is 4.72 Å². The normalized spacial score (nSPS) is 12.9. The zero-order valence-electron chi connectivity index (χ0n) is 11.6. The van der Waals surface area contributed by atoms with Crippen molar-refractivity contribution in [3.63, 3.8) is 0 Å². The van der Waals surface area contributed by atoms with Gasteiger partial charge in [0, 0.05) is 6.04 Å². The van der Waals surface area contributed by atoms with Crippen molar-refractivity contribution in [2.45, 2.75) is 24.3 Å². The van der Waals surface area contributed by atoms with Gasteiger partial charge in [0.2, 0.25) is 0 Å². The molecule has 0 aliphatic carbocycles. The standard InChI is InChI=1S/C15H17FN2O2S/c1-2-15(17)11-5-3-8-14(9-11)21(19,20)18-13-7-4-6-12(16)10-13/h3-10,15,18H,2,17H2,1H3. The Bertz CT molecular complexity index is 732. The van der Waals surface area contributed by atoms with Crippen molar-refractivity contribution in [1.29, 1.82) is 0 Å². The average molecular weight is 308 g/mol. The van der Waals surface area contributed by atoms with Gasteiger partial charge in [-0.05, 0) is 42.3 Å². The summed E-state index contributed by atoms with van der Waals surface area (Å²) >= 11 is 0. The molecule has 0 fully saturated rings. The third-order valence-corrected chi connectivity index (χ3v) is 4.49. The molecule has 2 aromatic carbocycles. The molecule has 6 heteroatoms. The minimum absolute atomic E-state index is 0.105. The van der Waals surface area contributed by atoms with Crippen molar-refractivity contribution in [2.24, 2.45) is 5.73 Å². The van der Waals surface area contributed by atoms with Crippen LogP contribution < -0.4 is 10.5 Å². The Labute approximate surface area is 123 Å². The number of benzene rings is 2. The van der Waals surface area contributed by atoms with Gasteiger partial charge in [-0.1, -0.05) is 25.1 Å². The fraction of sp³-hybridized carbons (Fsp3) is 0.200. The molecule has 2 rings (SSSR count). The zero-order chi connectivity index (χ0) is 15.5. The summed E-state index contributed by atoms with van der Waals surface area (Å²) in [5.41, 5.74) is 6.84. The second kappa shape index (κ2) is 6.24. The predicted octanol–water partition coefficient (Wildman–Crippen LogP) is 3.04. The Hall–Kier alpha value is -1.92. The molecule has 0 saturated heterocycles. The highest BCUT2D eigenvalue weighted by Gasteiger charge is 2.16. The van der Waals surface area contributed by atoms with E-state index < -0.39 is 15.8 Å². The summed E-state index contributed by atoms with van der Waals surface area (Å²) in [6.45, 7) is 1.93. The maximum absolute atomic E-state index is 13.1. The van der Waals surface area contributed by atoms with Gasteiger partial charge in [0.05, 0.1) is 10.6 Å². The molecule has 21 heavy (non-hydrogen) atoms. The lowest BCUT2D eigenvalue weighted by molar-refractivity contribution is 0.600. The molecule has 112 valence electrons. The van der Waals surface area contributed by atoms with Crippen molar-refractivity contribution < 1.29 is 12.8 Å². The van der Waals surface area contributed by atoms with E-state index in [2.05, 4.69) is 4.72 Å². The minimum Gasteiger partial charge on any atom is -0.324 e. The van der Waals surface area contributed by atoms with Crippen LogP contribution >= 0.6 is 0 Å². The number of hydrogen-bond acceptors (Lipinski definition) is 3. The van der Waals surface area contributed by atoms with Gasteiger partial charge in [0.25, 0.3) is 10.0 Å². The van der Waals surface area contributed by atoms with Crippen molar-refractivity contribution in [1.82, 2.24) is 0 Å². The molecular weight excluding hydrogens is 291 g/mol. The highest BCUT2D eigenvalue weighted by molar-refractivity contribution is 7.92. The van der Waals surface area contributed by atoms with Crippen molar-refractivity contribution >= 4 is 15.7 Å². The predicted molar refractivity (Wildman–Crippen MR) is 80.9 cm³/mol. The molecule has 0 aliphatic heterocycles. The van der Waals surface area contributed by atoms with Crippen LogP contribution in [-0.2, 0) is 10.0 Å². The fourth-order valence-electron chi connectivity index (χ4n) is 1.91. The van der Waals surface area contributed by atoms with E-state index in [1.165, 1.54) is 30.3 Å². The molecule has 0 radical (unpaired) electrons. The zero-order valence-corrected chi connectivity index (χ0v) is 12.4. The number of halogens is 1. The van der Waals surface area contributed by atoms with Crippen LogP contribution in [0.15, 0.2) is 53.4 Å². The van der Waals surface area contributed by atoms with Crippen molar-refractivity contribution in [3.8, 4) is 0 Å². The quantitative estimate of drug-likeness (QED) is 0.891. The van der Waals surface area contributed by atoms with Gasteiger partial charge in [-0.2, -0.15) is 0 Å². The Balaban J connectivity index is 2.31. The number of anilines is 1. The van der Waals surface area contributed by atoms with E-state index in [4.69, 9.17) is 5.73 Å². The van der Waals surface area contributed by atoms with E-state index in [1.807, 2.05) is 6.92 Å². The summed E-state index contributed by atoms with van der Waals surface area (Å²) < 4.78 is 40.1. The third kappa shape index (κ3) is 3.80.